The molecule has 0 aliphatic carbocycles. The van der Waals surface area contributed by atoms with Crippen LogP contribution in [-0.2, 0) is 25.7 Å². The van der Waals surface area contributed by atoms with E-state index in [1.54, 1.807) is 87.7 Å². The van der Waals surface area contributed by atoms with Crippen molar-refractivity contribution in [2.75, 3.05) is 20.2 Å². The van der Waals surface area contributed by atoms with Gasteiger partial charge in [-0.25, -0.2) is 0 Å². The lowest BCUT2D eigenvalue weighted by Crippen LogP contribution is -2.47. The van der Waals surface area contributed by atoms with Crippen LogP contribution in [0.15, 0.2) is 89.4 Å². The van der Waals surface area contributed by atoms with Gasteiger partial charge in [0.15, 0.2) is 0 Å². The van der Waals surface area contributed by atoms with Gasteiger partial charge in [-0.15, -0.1) is 0 Å². The minimum atomic E-state index is -1.37. The number of aryl methyl sites for hydroxylation is 2. The van der Waals surface area contributed by atoms with Crippen molar-refractivity contribution in [1.82, 2.24) is 15.5 Å². The molecule has 3 heterocycles. The van der Waals surface area contributed by atoms with Gasteiger partial charge < -0.3 is 14.9 Å². The number of methoxy groups -OCH3 is 1. The molecule has 0 spiro atoms. The molecule has 0 radical (unpaired) electrons. The van der Waals surface area contributed by atoms with E-state index in [0.29, 0.717) is 40.1 Å². The lowest BCUT2D eigenvalue weighted by molar-refractivity contribution is -0.131. The number of nitrogens with one attached hydrogen (secondary N) is 2. The summed E-state index contributed by atoms with van der Waals surface area (Å²) in [6, 6.07) is 19.2. The van der Waals surface area contributed by atoms with Crippen molar-refractivity contribution in [3.63, 3.8) is 0 Å². The average Bonchev–Trinajstić information content (AvgIpc) is 3.06. The van der Waals surface area contributed by atoms with Crippen LogP contribution in [0.1, 0.15) is 70.4 Å². The van der Waals surface area contributed by atoms with Gasteiger partial charge in [0.1, 0.15) is 29.1 Å². The lowest BCUT2D eigenvalue weighted by atomic mass is 9.74. The number of rotatable bonds is 8. The standard InChI is InChI=1S/C38H39N3O7/c1-21-11-5-7-13-25(21)29-33(42)31(37(46)39-35(29)44)28(23-15-16-27(48-3)24(19-23)20-41-17-9-4-10-18-41)32-34(43)30(36(45)40-38(32)47)26-14-8-6-12-22(26)2/h5-8,11-16,19,28-30,42-43H,4,9-10,17-18,20H2,1-3H3,(H,39,44,46)(H,40,45,47)/t29-,30-/m1/s1. The Balaban J connectivity index is 1.60. The number of imide groups is 2. The number of carbonyl (C=O) groups is 4. The molecule has 0 saturated carbocycles. The topological polar surface area (TPSA) is 145 Å². The Morgan fingerprint density at radius 1 is 0.750 bits per heavy atom. The van der Waals surface area contributed by atoms with Crippen molar-refractivity contribution < 1.29 is 34.1 Å². The van der Waals surface area contributed by atoms with Crippen LogP contribution in [0, 0.1) is 13.8 Å². The number of benzene rings is 3. The molecule has 4 amide bonds. The SMILES string of the molecule is COc1ccc(C(C2=C(O)[C@@H](c3ccccc3C)C(=O)NC2=O)C2=C(O)[C@@H](c3ccccc3C)C(=O)NC2=O)cc1CN1CCCCC1. The zero-order valence-corrected chi connectivity index (χ0v) is 27.2. The molecule has 4 N–H and O–H groups in total. The fourth-order valence-corrected chi connectivity index (χ4v) is 7.19. The maximum Gasteiger partial charge on any atom is 0.258 e. The molecular weight excluding hydrogens is 610 g/mol. The van der Waals surface area contributed by atoms with Crippen molar-refractivity contribution in [3.05, 3.63) is 123 Å². The Bertz CT molecular complexity index is 1770. The molecular formula is C38H39N3O7. The highest BCUT2D eigenvalue weighted by Gasteiger charge is 2.47. The summed E-state index contributed by atoms with van der Waals surface area (Å²) < 4.78 is 5.70. The maximum atomic E-state index is 13.9. The molecule has 1 fully saturated rings. The first-order valence-corrected chi connectivity index (χ1v) is 16.2. The highest BCUT2D eigenvalue weighted by atomic mass is 16.5. The van der Waals surface area contributed by atoms with Crippen LogP contribution in [0.5, 0.6) is 5.75 Å². The van der Waals surface area contributed by atoms with E-state index < -0.39 is 52.9 Å². The summed E-state index contributed by atoms with van der Waals surface area (Å²) in [5.41, 5.74) is 3.03. The van der Waals surface area contributed by atoms with E-state index in [1.807, 2.05) is 0 Å². The van der Waals surface area contributed by atoms with E-state index in [-0.39, 0.29) is 11.1 Å². The Hall–Kier alpha value is -5.22. The highest BCUT2D eigenvalue weighted by molar-refractivity contribution is 6.16. The number of nitrogens with zero attached hydrogens (tertiary/aromatic N) is 1. The molecule has 3 aliphatic rings. The molecule has 3 aromatic carbocycles. The largest absolute Gasteiger partial charge is 0.511 e. The van der Waals surface area contributed by atoms with Crippen LogP contribution in [0.3, 0.4) is 0 Å². The van der Waals surface area contributed by atoms with Crippen LogP contribution >= 0.6 is 0 Å². The van der Waals surface area contributed by atoms with Crippen LogP contribution in [0.2, 0.25) is 0 Å². The second-order valence-corrected chi connectivity index (χ2v) is 12.7. The molecule has 0 unspecified atom stereocenters. The number of aliphatic hydroxyl groups is 2. The minimum absolute atomic E-state index is 0.272. The molecule has 1 saturated heterocycles. The first kappa shape index (κ1) is 32.7. The summed E-state index contributed by atoms with van der Waals surface area (Å²) in [4.78, 5) is 56.7. The van der Waals surface area contributed by atoms with Gasteiger partial charge in [0.2, 0.25) is 11.8 Å². The number of amides is 4. The molecule has 48 heavy (non-hydrogen) atoms. The molecule has 3 aliphatic heterocycles. The highest BCUT2D eigenvalue weighted by Crippen LogP contribution is 2.45. The van der Waals surface area contributed by atoms with Gasteiger partial charge in [-0.05, 0) is 79.7 Å². The second-order valence-electron chi connectivity index (χ2n) is 12.7. The van der Waals surface area contributed by atoms with Crippen molar-refractivity contribution >= 4 is 23.6 Å². The molecule has 0 aromatic heterocycles. The molecule has 248 valence electrons. The van der Waals surface area contributed by atoms with E-state index >= 15 is 0 Å². The van der Waals surface area contributed by atoms with Crippen LogP contribution < -0.4 is 15.4 Å². The number of hydrogen-bond donors (Lipinski definition) is 4. The summed E-state index contributed by atoms with van der Waals surface area (Å²) in [5.74, 6) is -7.58. The van der Waals surface area contributed by atoms with Crippen LogP contribution in [-0.4, -0.2) is 58.9 Å². The van der Waals surface area contributed by atoms with Crippen molar-refractivity contribution in [3.8, 4) is 5.75 Å². The number of piperidine rings is 1. The molecule has 10 nitrogen and oxygen atoms in total. The van der Waals surface area contributed by atoms with Crippen molar-refractivity contribution in [2.45, 2.75) is 57.4 Å². The van der Waals surface area contributed by atoms with Gasteiger partial charge in [-0.2, -0.15) is 0 Å². The minimum Gasteiger partial charge on any atom is -0.511 e. The summed E-state index contributed by atoms with van der Waals surface area (Å²) in [6.45, 7) is 5.93. The Morgan fingerprint density at radius 3 is 1.73 bits per heavy atom. The third-order valence-corrected chi connectivity index (χ3v) is 9.64. The molecule has 6 rings (SSSR count). The summed E-state index contributed by atoms with van der Waals surface area (Å²) in [5, 5.41) is 28.7. The van der Waals surface area contributed by atoms with E-state index in [4.69, 9.17) is 4.74 Å². The van der Waals surface area contributed by atoms with Crippen LogP contribution in [0.25, 0.3) is 0 Å². The summed E-state index contributed by atoms with van der Waals surface area (Å²) in [7, 11) is 1.56. The van der Waals surface area contributed by atoms with E-state index in [0.717, 1.165) is 37.9 Å². The van der Waals surface area contributed by atoms with E-state index in [9.17, 15) is 29.4 Å². The predicted molar refractivity (Wildman–Crippen MR) is 178 cm³/mol. The first-order valence-electron chi connectivity index (χ1n) is 16.2. The normalized spacial score (nSPS) is 20.7. The number of carbonyl (C=O) groups excluding carboxylic acids is 4. The van der Waals surface area contributed by atoms with Gasteiger partial charge in [0.05, 0.1) is 24.2 Å². The fourth-order valence-electron chi connectivity index (χ4n) is 7.19. The Labute approximate surface area is 279 Å². The number of aliphatic hydroxyl groups excluding tert-OH is 2. The van der Waals surface area contributed by atoms with Gasteiger partial charge in [0.25, 0.3) is 11.8 Å². The number of likely N-dealkylation sites (tertiary alicyclic amines) is 1. The van der Waals surface area contributed by atoms with Gasteiger partial charge in [0, 0.05) is 12.1 Å². The Morgan fingerprint density at radius 2 is 1.25 bits per heavy atom. The summed E-state index contributed by atoms with van der Waals surface area (Å²) in [6.07, 6.45) is 3.28. The van der Waals surface area contributed by atoms with Crippen LogP contribution in [0.4, 0.5) is 0 Å². The van der Waals surface area contributed by atoms with Gasteiger partial charge in [-0.3, -0.25) is 34.7 Å². The van der Waals surface area contributed by atoms with Crippen molar-refractivity contribution in [1.29, 1.82) is 0 Å². The molecule has 2 atom stereocenters. The molecule has 0 bridgehead atoms. The quantitative estimate of drug-likeness (QED) is 0.253. The van der Waals surface area contributed by atoms with E-state index in [1.165, 1.54) is 0 Å². The zero-order valence-electron chi connectivity index (χ0n) is 27.2. The molecule has 3 aromatic rings. The number of ether oxygens (including phenoxy) is 1. The van der Waals surface area contributed by atoms with Crippen molar-refractivity contribution in [2.24, 2.45) is 0 Å². The fraction of sp³-hybridized carbons (Fsp3) is 0.316. The predicted octanol–water partition coefficient (Wildman–Crippen LogP) is 4.89. The molecule has 10 heteroatoms. The average molecular weight is 650 g/mol. The zero-order chi connectivity index (χ0) is 34.1. The number of hydrogen-bond acceptors (Lipinski definition) is 8. The third kappa shape index (κ3) is 5.99. The second kappa shape index (κ2) is 13.5. The third-order valence-electron chi connectivity index (χ3n) is 9.64. The Kier molecular flexibility index (Phi) is 9.19. The smallest absolute Gasteiger partial charge is 0.258 e. The maximum absolute atomic E-state index is 13.9. The van der Waals surface area contributed by atoms with Gasteiger partial charge >= 0.3 is 0 Å². The van der Waals surface area contributed by atoms with Gasteiger partial charge in [-0.1, -0.05) is 61.0 Å². The summed E-state index contributed by atoms with van der Waals surface area (Å²) >= 11 is 0. The van der Waals surface area contributed by atoms with E-state index in [2.05, 4.69) is 15.5 Å². The lowest BCUT2D eigenvalue weighted by Gasteiger charge is -2.34. The first-order chi connectivity index (χ1) is 23.1. The monoisotopic (exact) mass is 649 g/mol.